The van der Waals surface area contributed by atoms with Crippen molar-refractivity contribution >= 4 is 5.97 Å². The van der Waals surface area contributed by atoms with Crippen LogP contribution in [-0.2, 0) is 14.3 Å². The molecule has 0 aromatic rings. The maximum atomic E-state index is 11.1. The van der Waals surface area contributed by atoms with Gasteiger partial charge in [-0.1, -0.05) is 32.8 Å². The summed E-state index contributed by atoms with van der Waals surface area (Å²) in [5.74, 6) is -0.307. The highest BCUT2D eigenvalue weighted by Crippen LogP contribution is 2.23. The van der Waals surface area contributed by atoms with Gasteiger partial charge in [-0.15, -0.1) is 0 Å². The first-order chi connectivity index (χ1) is 8.76. The number of carbonyl (C=O) groups is 1. The fourth-order valence-corrected chi connectivity index (χ4v) is 2.31. The van der Waals surface area contributed by atoms with Gasteiger partial charge in [0, 0.05) is 12.7 Å². The standard InChI is InChI=1S/C15H26O3/c1-3-5-6-7-12-17-13-8-10-14(11-9-13)18-15(16)4-2/h4,13-14H,2-3,5-12H2,1H3. The zero-order valence-corrected chi connectivity index (χ0v) is 11.5. The van der Waals surface area contributed by atoms with Gasteiger partial charge in [0.1, 0.15) is 6.10 Å². The molecule has 0 aromatic heterocycles. The minimum Gasteiger partial charge on any atom is -0.459 e. The Balaban J connectivity index is 2.04. The molecule has 3 nitrogen and oxygen atoms in total. The minimum absolute atomic E-state index is 0.0652. The molecule has 0 radical (unpaired) electrons. The summed E-state index contributed by atoms with van der Waals surface area (Å²) < 4.78 is 11.1. The van der Waals surface area contributed by atoms with E-state index in [2.05, 4.69) is 13.5 Å². The Labute approximate surface area is 111 Å². The lowest BCUT2D eigenvalue weighted by Gasteiger charge is -2.28. The van der Waals surface area contributed by atoms with E-state index in [-0.39, 0.29) is 12.1 Å². The van der Waals surface area contributed by atoms with E-state index in [0.717, 1.165) is 32.3 Å². The van der Waals surface area contributed by atoms with Crippen molar-refractivity contribution < 1.29 is 14.3 Å². The van der Waals surface area contributed by atoms with Crippen LogP contribution in [0.3, 0.4) is 0 Å². The molecule has 0 heterocycles. The molecule has 0 aliphatic heterocycles. The Kier molecular flexibility index (Phi) is 7.74. The van der Waals surface area contributed by atoms with Crippen molar-refractivity contribution in [3.05, 3.63) is 12.7 Å². The average molecular weight is 254 g/mol. The summed E-state index contributed by atoms with van der Waals surface area (Å²) in [6.45, 7) is 6.50. The molecule has 104 valence electrons. The molecule has 1 rings (SSSR count). The zero-order valence-electron chi connectivity index (χ0n) is 11.5. The maximum Gasteiger partial charge on any atom is 0.330 e. The Bertz CT molecular complexity index is 242. The van der Waals surface area contributed by atoms with Gasteiger partial charge in [0.2, 0.25) is 0 Å². The lowest BCUT2D eigenvalue weighted by molar-refractivity contribution is -0.145. The van der Waals surface area contributed by atoms with Crippen LogP contribution >= 0.6 is 0 Å². The molecular formula is C15H26O3. The van der Waals surface area contributed by atoms with Gasteiger partial charge in [0.15, 0.2) is 0 Å². The third-order valence-electron chi connectivity index (χ3n) is 3.42. The van der Waals surface area contributed by atoms with Gasteiger partial charge in [-0.3, -0.25) is 0 Å². The molecule has 0 aromatic carbocycles. The second-order valence-corrected chi connectivity index (χ2v) is 4.97. The van der Waals surface area contributed by atoms with E-state index in [1.165, 1.54) is 31.8 Å². The van der Waals surface area contributed by atoms with Gasteiger partial charge in [-0.2, -0.15) is 0 Å². The van der Waals surface area contributed by atoms with Gasteiger partial charge in [-0.25, -0.2) is 4.79 Å². The molecule has 0 N–H and O–H groups in total. The Morgan fingerprint density at radius 1 is 1.17 bits per heavy atom. The largest absolute Gasteiger partial charge is 0.459 e. The molecule has 3 heteroatoms. The van der Waals surface area contributed by atoms with E-state index in [1.54, 1.807) is 0 Å². The van der Waals surface area contributed by atoms with Crippen molar-refractivity contribution in [2.45, 2.75) is 70.5 Å². The van der Waals surface area contributed by atoms with Crippen LogP contribution in [0.5, 0.6) is 0 Å². The molecule has 0 atom stereocenters. The molecule has 1 saturated carbocycles. The number of esters is 1. The van der Waals surface area contributed by atoms with Crippen molar-refractivity contribution in [2.75, 3.05) is 6.61 Å². The summed E-state index contributed by atoms with van der Waals surface area (Å²) in [6.07, 6.45) is 10.5. The summed E-state index contributed by atoms with van der Waals surface area (Å²) in [7, 11) is 0. The van der Waals surface area contributed by atoms with Crippen molar-refractivity contribution in [3.8, 4) is 0 Å². The van der Waals surface area contributed by atoms with Crippen LogP contribution in [0.2, 0.25) is 0 Å². The van der Waals surface area contributed by atoms with Crippen LogP contribution in [0.25, 0.3) is 0 Å². The number of ether oxygens (including phenoxy) is 2. The Morgan fingerprint density at radius 3 is 2.44 bits per heavy atom. The first-order valence-corrected chi connectivity index (χ1v) is 7.21. The fourth-order valence-electron chi connectivity index (χ4n) is 2.31. The second-order valence-electron chi connectivity index (χ2n) is 4.97. The summed E-state index contributed by atoms with van der Waals surface area (Å²) in [5.41, 5.74) is 0. The van der Waals surface area contributed by atoms with E-state index in [9.17, 15) is 4.79 Å². The Hall–Kier alpha value is -0.830. The van der Waals surface area contributed by atoms with E-state index in [4.69, 9.17) is 9.47 Å². The highest BCUT2D eigenvalue weighted by molar-refractivity contribution is 5.81. The number of hydrogen-bond acceptors (Lipinski definition) is 3. The number of unbranched alkanes of at least 4 members (excludes halogenated alkanes) is 3. The smallest absolute Gasteiger partial charge is 0.330 e. The highest BCUT2D eigenvalue weighted by Gasteiger charge is 2.23. The molecule has 1 aliphatic carbocycles. The van der Waals surface area contributed by atoms with E-state index in [1.807, 2.05) is 0 Å². The summed E-state index contributed by atoms with van der Waals surface area (Å²) in [6, 6.07) is 0. The number of hydrogen-bond donors (Lipinski definition) is 0. The lowest BCUT2D eigenvalue weighted by Crippen LogP contribution is -2.28. The van der Waals surface area contributed by atoms with Crippen molar-refractivity contribution in [2.24, 2.45) is 0 Å². The van der Waals surface area contributed by atoms with Crippen molar-refractivity contribution in [1.29, 1.82) is 0 Å². The van der Waals surface area contributed by atoms with Crippen LogP contribution < -0.4 is 0 Å². The van der Waals surface area contributed by atoms with Gasteiger partial charge < -0.3 is 9.47 Å². The molecule has 1 fully saturated rings. The third-order valence-corrected chi connectivity index (χ3v) is 3.42. The predicted octanol–water partition coefficient (Wildman–Crippen LogP) is 3.62. The summed E-state index contributed by atoms with van der Waals surface area (Å²) >= 11 is 0. The monoisotopic (exact) mass is 254 g/mol. The molecule has 1 aliphatic rings. The van der Waals surface area contributed by atoms with Gasteiger partial charge in [-0.05, 0) is 32.1 Å². The van der Waals surface area contributed by atoms with Crippen molar-refractivity contribution in [3.63, 3.8) is 0 Å². The highest BCUT2D eigenvalue weighted by atomic mass is 16.5. The molecule has 18 heavy (non-hydrogen) atoms. The van der Waals surface area contributed by atoms with Crippen LogP contribution in [0.15, 0.2) is 12.7 Å². The lowest BCUT2D eigenvalue weighted by atomic mass is 9.95. The van der Waals surface area contributed by atoms with Crippen LogP contribution in [0, 0.1) is 0 Å². The van der Waals surface area contributed by atoms with Crippen LogP contribution in [-0.4, -0.2) is 24.8 Å². The zero-order chi connectivity index (χ0) is 13.2. The van der Waals surface area contributed by atoms with Gasteiger partial charge in [0.25, 0.3) is 0 Å². The molecular weight excluding hydrogens is 228 g/mol. The fraction of sp³-hybridized carbons (Fsp3) is 0.800. The molecule has 0 saturated heterocycles. The topological polar surface area (TPSA) is 35.5 Å². The first-order valence-electron chi connectivity index (χ1n) is 7.21. The number of carbonyl (C=O) groups excluding carboxylic acids is 1. The summed E-state index contributed by atoms with van der Waals surface area (Å²) in [5, 5.41) is 0. The first kappa shape index (κ1) is 15.2. The van der Waals surface area contributed by atoms with Gasteiger partial charge >= 0.3 is 5.97 Å². The van der Waals surface area contributed by atoms with Crippen LogP contribution in [0.1, 0.15) is 58.3 Å². The van der Waals surface area contributed by atoms with E-state index < -0.39 is 0 Å². The third kappa shape index (κ3) is 6.20. The van der Waals surface area contributed by atoms with E-state index >= 15 is 0 Å². The average Bonchev–Trinajstić information content (AvgIpc) is 2.40. The predicted molar refractivity (Wildman–Crippen MR) is 72.4 cm³/mol. The molecule has 0 amide bonds. The second kappa shape index (κ2) is 9.15. The molecule has 0 spiro atoms. The van der Waals surface area contributed by atoms with Crippen LogP contribution in [0.4, 0.5) is 0 Å². The normalized spacial score (nSPS) is 23.6. The minimum atomic E-state index is -0.307. The number of rotatable bonds is 8. The quantitative estimate of drug-likeness (QED) is 0.377. The van der Waals surface area contributed by atoms with E-state index in [0.29, 0.717) is 6.10 Å². The SMILES string of the molecule is C=CC(=O)OC1CCC(OCCCCCC)CC1. The Morgan fingerprint density at radius 2 is 1.83 bits per heavy atom. The van der Waals surface area contributed by atoms with Crippen molar-refractivity contribution in [1.82, 2.24) is 0 Å². The molecule has 0 bridgehead atoms. The molecule has 0 unspecified atom stereocenters. The summed E-state index contributed by atoms with van der Waals surface area (Å²) in [4.78, 5) is 11.1. The maximum absolute atomic E-state index is 11.1. The van der Waals surface area contributed by atoms with Gasteiger partial charge in [0.05, 0.1) is 6.10 Å².